The van der Waals surface area contributed by atoms with Crippen LogP contribution in [0.1, 0.15) is 21.8 Å². The lowest BCUT2D eigenvalue weighted by Gasteiger charge is -2.09. The topological polar surface area (TPSA) is 53.8 Å². The fourth-order valence-corrected chi connectivity index (χ4v) is 2.30. The van der Waals surface area contributed by atoms with Crippen LogP contribution in [-0.2, 0) is 0 Å². The van der Waals surface area contributed by atoms with Crippen molar-refractivity contribution < 1.29 is 4.79 Å². The molecule has 0 saturated heterocycles. The molecule has 18 heavy (non-hydrogen) atoms. The Morgan fingerprint density at radius 1 is 1.28 bits per heavy atom. The molecule has 0 radical (unpaired) electrons. The van der Waals surface area contributed by atoms with E-state index in [0.717, 1.165) is 3.57 Å². The average molecular weight is 348 g/mol. The number of Topliss-reactive ketones (excluding diaryl/α,β-unsaturated/α-hetero) is 1. The highest BCUT2D eigenvalue weighted by Gasteiger charge is 2.23. The molecule has 88 valence electrons. The summed E-state index contributed by atoms with van der Waals surface area (Å²) in [6.45, 7) is 0. The molecule has 2 aromatic rings. The molecule has 4 heteroatoms. The summed E-state index contributed by atoms with van der Waals surface area (Å²) in [7, 11) is 0. The number of aromatic nitrogens is 1. The van der Waals surface area contributed by atoms with Gasteiger partial charge in [-0.05, 0) is 40.3 Å². The predicted octanol–water partition coefficient (Wildman–Crippen LogP) is 3.18. The summed E-state index contributed by atoms with van der Waals surface area (Å²) in [5.41, 5.74) is 1.21. The van der Waals surface area contributed by atoms with E-state index in [1.54, 1.807) is 36.7 Å². The molecular weight excluding hydrogens is 339 g/mol. The van der Waals surface area contributed by atoms with Gasteiger partial charge in [-0.25, -0.2) is 0 Å². The molecule has 0 saturated carbocycles. The van der Waals surface area contributed by atoms with Crippen molar-refractivity contribution in [3.05, 3.63) is 63.5 Å². The van der Waals surface area contributed by atoms with Crippen molar-refractivity contribution in [2.75, 3.05) is 0 Å². The largest absolute Gasteiger partial charge is 0.292 e. The van der Waals surface area contributed by atoms with Gasteiger partial charge in [-0.1, -0.05) is 24.3 Å². The SMILES string of the molecule is N#CC(C(=O)c1ccccc1I)c1cccnc1. The van der Waals surface area contributed by atoms with Crippen LogP contribution in [0.15, 0.2) is 48.8 Å². The van der Waals surface area contributed by atoms with E-state index in [4.69, 9.17) is 0 Å². The Morgan fingerprint density at radius 3 is 2.67 bits per heavy atom. The molecule has 2 rings (SSSR count). The highest BCUT2D eigenvalue weighted by molar-refractivity contribution is 14.1. The molecule has 0 aliphatic heterocycles. The third-order valence-corrected chi connectivity index (χ3v) is 3.49. The summed E-state index contributed by atoms with van der Waals surface area (Å²) < 4.78 is 0.851. The van der Waals surface area contributed by atoms with Crippen LogP contribution in [0.25, 0.3) is 0 Å². The summed E-state index contributed by atoms with van der Waals surface area (Å²) in [4.78, 5) is 16.3. The number of nitriles is 1. The van der Waals surface area contributed by atoms with Crippen LogP contribution in [-0.4, -0.2) is 10.8 Å². The van der Waals surface area contributed by atoms with E-state index in [-0.39, 0.29) is 5.78 Å². The summed E-state index contributed by atoms with van der Waals surface area (Å²) in [5, 5.41) is 9.20. The van der Waals surface area contributed by atoms with Crippen LogP contribution in [0.5, 0.6) is 0 Å². The van der Waals surface area contributed by atoms with Crippen LogP contribution >= 0.6 is 22.6 Å². The van der Waals surface area contributed by atoms with Gasteiger partial charge in [0.2, 0.25) is 0 Å². The molecule has 0 spiro atoms. The van der Waals surface area contributed by atoms with Crippen molar-refractivity contribution in [1.82, 2.24) is 4.98 Å². The molecule has 0 amide bonds. The van der Waals surface area contributed by atoms with Crippen molar-refractivity contribution >= 4 is 28.4 Å². The molecular formula is C14H9IN2O. The Balaban J connectivity index is 2.39. The van der Waals surface area contributed by atoms with E-state index < -0.39 is 5.92 Å². The highest BCUT2D eigenvalue weighted by Crippen LogP contribution is 2.22. The number of carbonyl (C=O) groups is 1. The molecule has 1 aromatic carbocycles. The summed E-state index contributed by atoms with van der Waals surface area (Å²) >= 11 is 2.10. The summed E-state index contributed by atoms with van der Waals surface area (Å²) in [6, 6.07) is 12.8. The van der Waals surface area contributed by atoms with E-state index in [9.17, 15) is 10.1 Å². The Hall–Kier alpha value is -1.74. The average Bonchev–Trinajstić information content (AvgIpc) is 2.41. The number of rotatable bonds is 3. The maximum atomic E-state index is 12.3. The number of hydrogen-bond donors (Lipinski definition) is 0. The first-order valence-corrected chi connectivity index (χ1v) is 6.40. The van der Waals surface area contributed by atoms with E-state index in [1.807, 2.05) is 12.1 Å². The lowest BCUT2D eigenvalue weighted by Crippen LogP contribution is -2.12. The third kappa shape index (κ3) is 2.57. The normalized spacial score (nSPS) is 11.6. The van der Waals surface area contributed by atoms with Gasteiger partial charge in [-0.3, -0.25) is 9.78 Å². The molecule has 0 aliphatic carbocycles. The predicted molar refractivity (Wildman–Crippen MR) is 76.1 cm³/mol. The summed E-state index contributed by atoms with van der Waals surface area (Å²) in [6.07, 6.45) is 3.18. The van der Waals surface area contributed by atoms with Gasteiger partial charge < -0.3 is 0 Å². The minimum atomic E-state index is -0.797. The lowest BCUT2D eigenvalue weighted by atomic mass is 9.93. The number of carbonyl (C=O) groups excluding carboxylic acids is 1. The minimum Gasteiger partial charge on any atom is -0.292 e. The lowest BCUT2D eigenvalue weighted by molar-refractivity contribution is 0.0978. The van der Waals surface area contributed by atoms with Crippen molar-refractivity contribution in [2.24, 2.45) is 0 Å². The number of nitrogens with zero attached hydrogens (tertiary/aromatic N) is 2. The van der Waals surface area contributed by atoms with Crippen molar-refractivity contribution in [1.29, 1.82) is 5.26 Å². The fraction of sp³-hybridized carbons (Fsp3) is 0.0714. The second kappa shape index (κ2) is 5.74. The van der Waals surface area contributed by atoms with Gasteiger partial charge in [-0.2, -0.15) is 5.26 Å². The second-order valence-corrected chi connectivity index (χ2v) is 4.85. The fourth-order valence-electron chi connectivity index (χ4n) is 1.65. The van der Waals surface area contributed by atoms with Crippen LogP contribution in [0.3, 0.4) is 0 Å². The maximum Gasteiger partial charge on any atom is 0.185 e. The Labute approximate surface area is 119 Å². The minimum absolute atomic E-state index is 0.185. The molecule has 3 nitrogen and oxygen atoms in total. The van der Waals surface area contributed by atoms with Crippen molar-refractivity contribution in [2.45, 2.75) is 5.92 Å². The number of halogens is 1. The Bertz CT molecular complexity index is 605. The zero-order valence-electron chi connectivity index (χ0n) is 9.38. The van der Waals surface area contributed by atoms with Gasteiger partial charge in [0.1, 0.15) is 5.92 Å². The van der Waals surface area contributed by atoms with E-state index in [1.165, 1.54) is 0 Å². The first kappa shape index (κ1) is 12.7. The first-order valence-electron chi connectivity index (χ1n) is 5.32. The van der Waals surface area contributed by atoms with Crippen LogP contribution < -0.4 is 0 Å². The van der Waals surface area contributed by atoms with Gasteiger partial charge in [0.05, 0.1) is 6.07 Å². The molecule has 1 atom stereocenters. The van der Waals surface area contributed by atoms with Crippen molar-refractivity contribution in [3.8, 4) is 6.07 Å². The Morgan fingerprint density at radius 2 is 2.06 bits per heavy atom. The standard InChI is InChI=1S/C14H9IN2O/c15-13-6-2-1-5-11(13)14(18)12(8-16)10-4-3-7-17-9-10/h1-7,9,12H. The molecule has 0 bridgehead atoms. The smallest absolute Gasteiger partial charge is 0.185 e. The van der Waals surface area contributed by atoms with Crippen LogP contribution in [0.2, 0.25) is 0 Å². The summed E-state index contributed by atoms with van der Waals surface area (Å²) in [5.74, 6) is -0.981. The number of pyridine rings is 1. The zero-order chi connectivity index (χ0) is 13.0. The van der Waals surface area contributed by atoms with E-state index in [0.29, 0.717) is 11.1 Å². The second-order valence-electron chi connectivity index (χ2n) is 3.69. The van der Waals surface area contributed by atoms with E-state index in [2.05, 4.69) is 33.6 Å². The molecule has 0 fully saturated rings. The van der Waals surface area contributed by atoms with Crippen molar-refractivity contribution in [3.63, 3.8) is 0 Å². The molecule has 0 N–H and O–H groups in total. The first-order chi connectivity index (χ1) is 8.74. The number of benzene rings is 1. The molecule has 1 heterocycles. The van der Waals surface area contributed by atoms with Gasteiger partial charge in [0.25, 0.3) is 0 Å². The van der Waals surface area contributed by atoms with Gasteiger partial charge >= 0.3 is 0 Å². The number of hydrogen-bond acceptors (Lipinski definition) is 3. The zero-order valence-corrected chi connectivity index (χ0v) is 11.5. The highest BCUT2D eigenvalue weighted by atomic mass is 127. The van der Waals surface area contributed by atoms with Crippen LogP contribution in [0.4, 0.5) is 0 Å². The van der Waals surface area contributed by atoms with Gasteiger partial charge in [0.15, 0.2) is 5.78 Å². The molecule has 0 aliphatic rings. The van der Waals surface area contributed by atoms with Gasteiger partial charge in [0, 0.05) is 21.5 Å². The molecule has 1 unspecified atom stereocenters. The van der Waals surface area contributed by atoms with Gasteiger partial charge in [-0.15, -0.1) is 0 Å². The molecule has 1 aromatic heterocycles. The maximum absolute atomic E-state index is 12.3. The van der Waals surface area contributed by atoms with E-state index >= 15 is 0 Å². The number of ketones is 1. The Kier molecular flexibility index (Phi) is 4.05. The third-order valence-electron chi connectivity index (χ3n) is 2.55. The monoisotopic (exact) mass is 348 g/mol. The quantitative estimate of drug-likeness (QED) is 0.632. The van der Waals surface area contributed by atoms with Crippen LogP contribution in [0, 0.1) is 14.9 Å².